The van der Waals surface area contributed by atoms with Gasteiger partial charge in [-0.3, -0.25) is 14.8 Å². The molecule has 0 saturated heterocycles. The standard InChI is InChI=1S/C10H14N4O5S/c1-7(16)12-8-2-3-10(20(17,18)19)9(6-8)13-14-11-4-5-15/h2-3,6,15H,4-5H2,1H3,(H,11,13)(H,12,16)(H,17,18,19). The topological polar surface area (TPSA) is 140 Å². The second kappa shape index (κ2) is 6.93. The first-order valence-corrected chi connectivity index (χ1v) is 6.91. The highest BCUT2D eigenvalue weighted by molar-refractivity contribution is 7.86. The highest BCUT2D eigenvalue weighted by Gasteiger charge is 2.16. The minimum absolute atomic E-state index is 0.0413. The minimum Gasteiger partial charge on any atom is -0.394 e. The number of benzene rings is 1. The molecule has 1 aromatic rings. The number of aliphatic hydroxyl groups is 1. The van der Waals surface area contributed by atoms with Gasteiger partial charge in [-0.05, 0) is 18.2 Å². The van der Waals surface area contributed by atoms with E-state index in [1.807, 2.05) is 0 Å². The molecular formula is C10H14N4O5S. The number of carbonyl (C=O) groups is 1. The lowest BCUT2D eigenvalue weighted by molar-refractivity contribution is -0.114. The lowest BCUT2D eigenvalue weighted by Gasteiger charge is -2.09. The van der Waals surface area contributed by atoms with Crippen LogP contribution in [0.25, 0.3) is 0 Å². The second-order valence-electron chi connectivity index (χ2n) is 3.67. The molecule has 10 heteroatoms. The van der Waals surface area contributed by atoms with E-state index in [-0.39, 0.29) is 24.7 Å². The average Bonchev–Trinajstić information content (AvgIpc) is 2.32. The van der Waals surface area contributed by atoms with Gasteiger partial charge in [0.2, 0.25) is 5.91 Å². The summed E-state index contributed by atoms with van der Waals surface area (Å²) in [6, 6.07) is 3.72. The molecule has 20 heavy (non-hydrogen) atoms. The van der Waals surface area contributed by atoms with E-state index in [0.29, 0.717) is 5.69 Å². The molecule has 0 aliphatic heterocycles. The molecule has 0 spiro atoms. The number of carbonyl (C=O) groups excluding carboxylic acids is 1. The van der Waals surface area contributed by atoms with Crippen LogP contribution in [0.3, 0.4) is 0 Å². The van der Waals surface area contributed by atoms with Crippen LogP contribution in [0.15, 0.2) is 33.4 Å². The maximum atomic E-state index is 11.2. The lowest BCUT2D eigenvalue weighted by atomic mass is 10.3. The Balaban J connectivity index is 3.09. The fraction of sp³-hybridized carbons (Fsp3) is 0.300. The molecule has 0 atom stereocenters. The predicted molar refractivity (Wildman–Crippen MR) is 71.0 cm³/mol. The van der Waals surface area contributed by atoms with Crippen LogP contribution in [0.2, 0.25) is 0 Å². The maximum Gasteiger partial charge on any atom is 0.296 e. The molecule has 1 amide bonds. The molecule has 0 heterocycles. The Morgan fingerprint density at radius 3 is 2.65 bits per heavy atom. The summed E-state index contributed by atoms with van der Waals surface area (Å²) in [7, 11) is -4.45. The van der Waals surface area contributed by atoms with Crippen molar-refractivity contribution in [3.63, 3.8) is 0 Å². The second-order valence-corrected chi connectivity index (χ2v) is 5.06. The van der Waals surface area contributed by atoms with Crippen molar-refractivity contribution in [3.05, 3.63) is 18.2 Å². The zero-order valence-corrected chi connectivity index (χ0v) is 11.4. The van der Waals surface area contributed by atoms with Crippen LogP contribution in [0, 0.1) is 0 Å². The van der Waals surface area contributed by atoms with Crippen molar-refractivity contribution in [2.45, 2.75) is 11.8 Å². The monoisotopic (exact) mass is 302 g/mol. The number of aliphatic hydroxyl groups excluding tert-OH is 1. The van der Waals surface area contributed by atoms with Gasteiger partial charge in [0.25, 0.3) is 10.1 Å². The Morgan fingerprint density at radius 2 is 2.10 bits per heavy atom. The third-order valence-corrected chi connectivity index (χ3v) is 2.93. The van der Waals surface area contributed by atoms with E-state index >= 15 is 0 Å². The first kappa shape index (κ1) is 16.0. The minimum atomic E-state index is -4.45. The van der Waals surface area contributed by atoms with E-state index in [4.69, 9.17) is 9.66 Å². The van der Waals surface area contributed by atoms with E-state index in [9.17, 15) is 13.2 Å². The van der Waals surface area contributed by atoms with Gasteiger partial charge in [-0.25, -0.2) is 0 Å². The Bertz CT molecular complexity index is 614. The van der Waals surface area contributed by atoms with Crippen LogP contribution in [0.5, 0.6) is 0 Å². The summed E-state index contributed by atoms with van der Waals surface area (Å²) in [5, 5.41) is 17.9. The summed E-state index contributed by atoms with van der Waals surface area (Å²) >= 11 is 0. The van der Waals surface area contributed by atoms with Gasteiger partial charge >= 0.3 is 0 Å². The fourth-order valence-corrected chi connectivity index (χ4v) is 1.93. The van der Waals surface area contributed by atoms with Gasteiger partial charge in [-0.1, -0.05) is 5.22 Å². The van der Waals surface area contributed by atoms with Gasteiger partial charge in [-0.2, -0.15) is 13.5 Å². The molecule has 0 fully saturated rings. The van der Waals surface area contributed by atoms with Crippen LogP contribution < -0.4 is 10.7 Å². The summed E-state index contributed by atoms with van der Waals surface area (Å²) in [5.74, 6) is -0.336. The molecule has 0 aliphatic carbocycles. The number of amides is 1. The average molecular weight is 302 g/mol. The summed E-state index contributed by atoms with van der Waals surface area (Å²) in [4.78, 5) is 10.5. The van der Waals surface area contributed by atoms with Gasteiger partial charge in [0.1, 0.15) is 4.90 Å². The van der Waals surface area contributed by atoms with Crippen LogP contribution in [0.1, 0.15) is 6.92 Å². The molecule has 1 aromatic carbocycles. The summed E-state index contributed by atoms with van der Waals surface area (Å²) in [5.41, 5.74) is 2.59. The summed E-state index contributed by atoms with van der Waals surface area (Å²) in [6.07, 6.45) is 0. The molecule has 0 radical (unpaired) electrons. The molecule has 0 aliphatic rings. The van der Waals surface area contributed by atoms with Gasteiger partial charge in [-0.15, -0.1) is 0 Å². The Morgan fingerprint density at radius 1 is 1.40 bits per heavy atom. The first-order chi connectivity index (χ1) is 9.34. The third-order valence-electron chi connectivity index (χ3n) is 2.02. The van der Waals surface area contributed by atoms with E-state index in [2.05, 4.69) is 21.1 Å². The van der Waals surface area contributed by atoms with Gasteiger partial charge in [0, 0.05) is 12.6 Å². The number of rotatable bonds is 6. The largest absolute Gasteiger partial charge is 0.394 e. The van der Waals surface area contributed by atoms with Crippen LogP contribution >= 0.6 is 0 Å². The molecular weight excluding hydrogens is 288 g/mol. The first-order valence-electron chi connectivity index (χ1n) is 5.47. The van der Waals surface area contributed by atoms with Crippen molar-refractivity contribution in [1.82, 2.24) is 0 Å². The summed E-state index contributed by atoms with van der Waals surface area (Å²) in [6.45, 7) is 1.13. The van der Waals surface area contributed by atoms with Crippen LogP contribution in [-0.4, -0.2) is 37.1 Å². The van der Waals surface area contributed by atoms with Crippen molar-refractivity contribution in [1.29, 1.82) is 0 Å². The SMILES string of the molecule is CC(=O)Nc1ccc(S(=O)(=O)O)c(NN=NCCO)c1. The van der Waals surface area contributed by atoms with Crippen molar-refractivity contribution >= 4 is 27.4 Å². The number of nitrogens with zero attached hydrogens (tertiary/aromatic N) is 2. The van der Waals surface area contributed by atoms with E-state index in [1.54, 1.807) is 0 Å². The van der Waals surface area contributed by atoms with E-state index in [0.717, 1.165) is 6.07 Å². The van der Waals surface area contributed by atoms with Gasteiger partial charge in [0.15, 0.2) is 0 Å². The fourth-order valence-electron chi connectivity index (χ4n) is 1.31. The van der Waals surface area contributed by atoms with Crippen LogP contribution in [0.4, 0.5) is 11.4 Å². The smallest absolute Gasteiger partial charge is 0.296 e. The Kier molecular flexibility index (Phi) is 5.55. The molecule has 4 N–H and O–H groups in total. The molecule has 110 valence electrons. The zero-order chi connectivity index (χ0) is 15.2. The number of hydrogen-bond acceptors (Lipinski definition) is 6. The number of nitrogens with one attached hydrogen (secondary N) is 2. The van der Waals surface area contributed by atoms with Crippen molar-refractivity contribution in [2.24, 2.45) is 10.3 Å². The Hall–Kier alpha value is -2.04. The zero-order valence-electron chi connectivity index (χ0n) is 10.6. The molecule has 0 aromatic heterocycles. The predicted octanol–water partition coefficient (Wildman–Crippen LogP) is 0.663. The normalized spacial score (nSPS) is 11.6. The van der Waals surface area contributed by atoms with Crippen LogP contribution in [-0.2, 0) is 14.9 Å². The van der Waals surface area contributed by atoms with Crippen molar-refractivity contribution in [2.75, 3.05) is 23.9 Å². The highest BCUT2D eigenvalue weighted by atomic mass is 32.2. The molecule has 9 nitrogen and oxygen atoms in total. The summed E-state index contributed by atoms with van der Waals surface area (Å²) < 4.78 is 31.5. The quantitative estimate of drug-likeness (QED) is 0.346. The maximum absolute atomic E-state index is 11.2. The molecule has 0 unspecified atom stereocenters. The van der Waals surface area contributed by atoms with Crippen molar-refractivity contribution in [3.8, 4) is 0 Å². The third kappa shape index (κ3) is 4.91. The lowest BCUT2D eigenvalue weighted by Crippen LogP contribution is -2.08. The molecule has 0 saturated carbocycles. The molecule has 0 bridgehead atoms. The van der Waals surface area contributed by atoms with Gasteiger partial charge in [0.05, 0.1) is 18.8 Å². The van der Waals surface area contributed by atoms with Crippen molar-refractivity contribution < 1.29 is 22.9 Å². The van der Waals surface area contributed by atoms with E-state index < -0.39 is 15.0 Å². The van der Waals surface area contributed by atoms with Gasteiger partial charge < -0.3 is 10.4 Å². The van der Waals surface area contributed by atoms with E-state index in [1.165, 1.54) is 19.1 Å². The molecule has 1 rings (SSSR count). The Labute approximate surface area is 115 Å². The highest BCUT2D eigenvalue weighted by Crippen LogP contribution is 2.25. The number of anilines is 2. The number of hydrogen-bond donors (Lipinski definition) is 4.